The standard InChI is InChI=1S/C30H32N6O2/c37-29(12-17-35-14-2-1-3-15-35)33-26-9-8-24-21-28(26)38-19-5-4-16-36-18-11-22-6-7-23(20-27(22)36)25-10-13-31-30(32-24)34-25/h4-11,13,18,20-21H,1-3,12,14-17,19H2,(H,33,37)(H,31,32,34)/b5-4-. The molecule has 1 saturated heterocycles. The van der Waals surface area contributed by atoms with Crippen LogP contribution in [0.4, 0.5) is 17.3 Å². The second kappa shape index (κ2) is 11.1. The highest BCUT2D eigenvalue weighted by atomic mass is 16.5. The van der Waals surface area contributed by atoms with Gasteiger partial charge in [0.05, 0.1) is 11.4 Å². The summed E-state index contributed by atoms with van der Waals surface area (Å²) in [5.41, 5.74) is 4.46. The van der Waals surface area contributed by atoms with Crippen LogP contribution in [0.25, 0.3) is 22.2 Å². The molecule has 8 heteroatoms. The molecule has 8 nitrogen and oxygen atoms in total. The average Bonchev–Trinajstić information content (AvgIpc) is 3.35. The van der Waals surface area contributed by atoms with E-state index in [0.717, 1.165) is 48.6 Å². The van der Waals surface area contributed by atoms with E-state index in [4.69, 9.17) is 9.72 Å². The molecule has 0 unspecified atom stereocenters. The lowest BCUT2D eigenvalue weighted by atomic mass is 10.1. The van der Waals surface area contributed by atoms with Crippen LogP contribution in [0.15, 0.2) is 73.1 Å². The third kappa shape index (κ3) is 5.55. The second-order valence-corrected chi connectivity index (χ2v) is 9.83. The molecule has 2 aliphatic rings. The minimum atomic E-state index is -0.00683. The number of piperidine rings is 1. The minimum absolute atomic E-state index is 0.00683. The topological polar surface area (TPSA) is 84.3 Å². The molecular formula is C30H32N6O2. The number of amides is 1. The molecule has 2 aliphatic heterocycles. The number of ether oxygens (including phenoxy) is 1. The molecule has 4 heterocycles. The Hall–Kier alpha value is -4.17. The normalized spacial score (nSPS) is 16.5. The molecule has 6 bridgehead atoms. The number of fused-ring (bicyclic) bond motifs is 6. The Morgan fingerprint density at radius 2 is 1.95 bits per heavy atom. The number of benzene rings is 2. The van der Waals surface area contributed by atoms with Gasteiger partial charge >= 0.3 is 0 Å². The maximum absolute atomic E-state index is 12.8. The van der Waals surface area contributed by atoms with E-state index < -0.39 is 0 Å². The summed E-state index contributed by atoms with van der Waals surface area (Å²) >= 11 is 0. The maximum Gasteiger partial charge on any atom is 0.227 e. The van der Waals surface area contributed by atoms with Crippen LogP contribution in [0.1, 0.15) is 25.7 Å². The number of hydrogen-bond acceptors (Lipinski definition) is 6. The van der Waals surface area contributed by atoms with Crippen LogP contribution < -0.4 is 15.4 Å². The zero-order valence-electron chi connectivity index (χ0n) is 21.4. The van der Waals surface area contributed by atoms with Gasteiger partial charge in [-0.3, -0.25) is 4.79 Å². The summed E-state index contributed by atoms with van der Waals surface area (Å²) in [5, 5.41) is 7.53. The van der Waals surface area contributed by atoms with E-state index in [1.165, 1.54) is 24.6 Å². The summed E-state index contributed by atoms with van der Waals surface area (Å²) in [4.78, 5) is 24.3. The third-order valence-corrected chi connectivity index (χ3v) is 7.14. The summed E-state index contributed by atoms with van der Waals surface area (Å²) in [6.45, 7) is 4.06. The summed E-state index contributed by atoms with van der Waals surface area (Å²) in [5.74, 6) is 1.09. The number of nitrogens with one attached hydrogen (secondary N) is 2. The molecule has 0 spiro atoms. The number of nitrogens with zero attached hydrogens (tertiary/aromatic N) is 4. The van der Waals surface area contributed by atoms with Gasteiger partial charge in [-0.25, -0.2) is 9.97 Å². The molecule has 2 aromatic carbocycles. The van der Waals surface area contributed by atoms with Gasteiger partial charge in [0.1, 0.15) is 12.4 Å². The van der Waals surface area contributed by atoms with Gasteiger partial charge in [0.25, 0.3) is 0 Å². The van der Waals surface area contributed by atoms with Crippen molar-refractivity contribution in [1.82, 2.24) is 19.4 Å². The Labute approximate surface area is 222 Å². The zero-order valence-corrected chi connectivity index (χ0v) is 21.4. The van der Waals surface area contributed by atoms with Gasteiger partial charge in [-0.2, -0.15) is 0 Å². The molecule has 0 saturated carbocycles. The number of rotatable bonds is 4. The van der Waals surface area contributed by atoms with E-state index in [0.29, 0.717) is 30.4 Å². The zero-order chi connectivity index (χ0) is 25.7. The average molecular weight is 509 g/mol. The fourth-order valence-electron chi connectivity index (χ4n) is 5.08. The molecule has 2 N–H and O–H groups in total. The van der Waals surface area contributed by atoms with Gasteiger partial charge in [0.15, 0.2) is 0 Å². The third-order valence-electron chi connectivity index (χ3n) is 7.14. The smallest absolute Gasteiger partial charge is 0.227 e. The van der Waals surface area contributed by atoms with Crippen molar-refractivity contribution < 1.29 is 9.53 Å². The Kier molecular flexibility index (Phi) is 7.04. The van der Waals surface area contributed by atoms with Crippen LogP contribution >= 0.6 is 0 Å². The van der Waals surface area contributed by atoms with Crippen molar-refractivity contribution in [2.45, 2.75) is 32.2 Å². The monoisotopic (exact) mass is 508 g/mol. The number of hydrogen-bond donors (Lipinski definition) is 2. The summed E-state index contributed by atoms with van der Waals surface area (Å²) in [6, 6.07) is 16.1. The minimum Gasteiger partial charge on any atom is -0.487 e. The van der Waals surface area contributed by atoms with E-state index in [9.17, 15) is 4.79 Å². The number of allylic oxidation sites excluding steroid dienone is 1. The Balaban J connectivity index is 1.25. The molecule has 1 fully saturated rings. The first kappa shape index (κ1) is 24.2. The fourth-order valence-corrected chi connectivity index (χ4v) is 5.08. The van der Waals surface area contributed by atoms with E-state index in [1.54, 1.807) is 6.20 Å². The van der Waals surface area contributed by atoms with Crippen molar-refractivity contribution in [3.8, 4) is 17.0 Å². The number of likely N-dealkylation sites (tertiary alicyclic amines) is 1. The first-order chi connectivity index (χ1) is 18.7. The summed E-state index contributed by atoms with van der Waals surface area (Å²) in [7, 11) is 0. The Bertz CT molecular complexity index is 1470. The quantitative estimate of drug-likeness (QED) is 0.349. The van der Waals surface area contributed by atoms with Gasteiger partial charge in [-0.15, -0.1) is 0 Å². The lowest BCUT2D eigenvalue weighted by Gasteiger charge is -2.26. The lowest BCUT2D eigenvalue weighted by molar-refractivity contribution is -0.116. The molecule has 194 valence electrons. The number of aromatic nitrogens is 3. The van der Waals surface area contributed by atoms with Gasteiger partial charge < -0.3 is 24.8 Å². The summed E-state index contributed by atoms with van der Waals surface area (Å²) in [6.07, 6.45) is 12.1. The van der Waals surface area contributed by atoms with Crippen molar-refractivity contribution in [1.29, 1.82) is 0 Å². The lowest BCUT2D eigenvalue weighted by Crippen LogP contribution is -2.32. The Morgan fingerprint density at radius 3 is 2.87 bits per heavy atom. The molecule has 6 rings (SSSR count). The fraction of sp³-hybridized carbons (Fsp3) is 0.300. The van der Waals surface area contributed by atoms with Gasteiger partial charge in [0.2, 0.25) is 11.9 Å². The van der Waals surface area contributed by atoms with E-state index >= 15 is 0 Å². The van der Waals surface area contributed by atoms with Gasteiger partial charge in [-0.1, -0.05) is 24.6 Å². The van der Waals surface area contributed by atoms with E-state index in [1.807, 2.05) is 30.3 Å². The van der Waals surface area contributed by atoms with Crippen LogP contribution in [0.2, 0.25) is 0 Å². The van der Waals surface area contributed by atoms with Crippen LogP contribution in [0, 0.1) is 0 Å². The number of anilines is 3. The molecular weight excluding hydrogens is 476 g/mol. The van der Waals surface area contributed by atoms with Gasteiger partial charge in [0, 0.05) is 54.7 Å². The molecule has 0 aliphatic carbocycles. The highest BCUT2D eigenvalue weighted by Crippen LogP contribution is 2.31. The predicted octanol–water partition coefficient (Wildman–Crippen LogP) is 5.61. The second-order valence-electron chi connectivity index (χ2n) is 9.83. The van der Waals surface area contributed by atoms with Crippen LogP contribution in [0.5, 0.6) is 5.75 Å². The molecule has 0 atom stereocenters. The van der Waals surface area contributed by atoms with Crippen LogP contribution in [-0.2, 0) is 11.3 Å². The van der Waals surface area contributed by atoms with Crippen molar-refractivity contribution in [3.05, 3.63) is 73.1 Å². The Morgan fingerprint density at radius 1 is 1.03 bits per heavy atom. The predicted molar refractivity (Wildman–Crippen MR) is 151 cm³/mol. The highest BCUT2D eigenvalue weighted by Gasteiger charge is 2.14. The highest BCUT2D eigenvalue weighted by molar-refractivity contribution is 5.93. The first-order valence-corrected chi connectivity index (χ1v) is 13.3. The van der Waals surface area contributed by atoms with Crippen molar-refractivity contribution in [2.75, 3.05) is 36.9 Å². The molecule has 1 amide bonds. The first-order valence-electron chi connectivity index (χ1n) is 13.3. The van der Waals surface area contributed by atoms with Crippen molar-refractivity contribution >= 4 is 34.1 Å². The van der Waals surface area contributed by atoms with E-state index in [2.05, 4.69) is 61.6 Å². The molecule has 38 heavy (non-hydrogen) atoms. The largest absolute Gasteiger partial charge is 0.487 e. The van der Waals surface area contributed by atoms with Crippen molar-refractivity contribution in [2.24, 2.45) is 0 Å². The van der Waals surface area contributed by atoms with Crippen LogP contribution in [0.3, 0.4) is 0 Å². The molecule has 4 aromatic rings. The maximum atomic E-state index is 12.8. The summed E-state index contributed by atoms with van der Waals surface area (Å²) < 4.78 is 8.33. The van der Waals surface area contributed by atoms with Gasteiger partial charge in [-0.05, 0) is 67.7 Å². The number of carbonyl (C=O) groups is 1. The van der Waals surface area contributed by atoms with Crippen molar-refractivity contribution in [3.63, 3.8) is 0 Å². The molecule has 2 aromatic heterocycles. The SMILES string of the molecule is O=C(CCN1CCCCC1)Nc1ccc2cc1OC/C=C\Cn1ccc3ccc(cc31)-c1ccnc(n1)N2. The number of carbonyl (C=O) groups excluding carboxylic acids is 1. The van der Waals surface area contributed by atoms with Crippen LogP contribution in [-0.4, -0.2) is 51.6 Å². The van der Waals surface area contributed by atoms with E-state index in [-0.39, 0.29) is 5.91 Å². The molecule has 0 radical (unpaired) electrons.